The molecular weight excluding hydrogens is 453 g/mol. The summed E-state index contributed by atoms with van der Waals surface area (Å²) in [5.74, 6) is -0.672. The zero-order chi connectivity index (χ0) is 24.7. The van der Waals surface area contributed by atoms with Crippen LogP contribution >= 0.6 is 0 Å². The van der Waals surface area contributed by atoms with Crippen LogP contribution in [-0.2, 0) is 20.4 Å². The Labute approximate surface area is 194 Å². The predicted octanol–water partition coefficient (Wildman–Crippen LogP) is 2.24. The summed E-state index contributed by atoms with van der Waals surface area (Å²) in [5.41, 5.74) is -1.28. The van der Waals surface area contributed by atoms with Crippen LogP contribution in [0.5, 0.6) is 5.75 Å². The number of halogens is 1. The van der Waals surface area contributed by atoms with Gasteiger partial charge in [0.05, 0.1) is 16.9 Å². The van der Waals surface area contributed by atoms with Crippen LogP contribution in [0.15, 0.2) is 18.2 Å². The maximum Gasteiger partial charge on any atom is 0.323 e. The Hall–Kier alpha value is -2.24. The molecule has 1 aromatic carbocycles. The molecule has 11 heteroatoms. The second-order valence-electron chi connectivity index (χ2n) is 8.96. The Morgan fingerprint density at radius 2 is 2.00 bits per heavy atom. The second-order valence-corrected chi connectivity index (χ2v) is 10.8. The molecule has 3 N–H and O–H groups in total. The zero-order valence-electron chi connectivity index (χ0n) is 19.4. The van der Waals surface area contributed by atoms with Crippen LogP contribution in [0.2, 0.25) is 0 Å². The topological polar surface area (TPSA) is 125 Å². The number of hydrogen-bond donors (Lipinski definition) is 3. The van der Waals surface area contributed by atoms with Gasteiger partial charge in [0.1, 0.15) is 6.61 Å². The lowest BCUT2D eigenvalue weighted by molar-refractivity contribution is -0.108. The van der Waals surface area contributed by atoms with Crippen molar-refractivity contribution in [3.05, 3.63) is 29.6 Å². The van der Waals surface area contributed by atoms with Crippen molar-refractivity contribution in [2.45, 2.75) is 64.0 Å². The van der Waals surface area contributed by atoms with Gasteiger partial charge in [-0.2, -0.15) is 0 Å². The van der Waals surface area contributed by atoms with E-state index < -0.39 is 33.0 Å². The van der Waals surface area contributed by atoms with Gasteiger partial charge in [0.15, 0.2) is 11.6 Å². The molecule has 0 unspecified atom stereocenters. The molecular formula is C22H34FN3O6S. The summed E-state index contributed by atoms with van der Waals surface area (Å²) >= 11 is 0. The van der Waals surface area contributed by atoms with E-state index >= 15 is 0 Å². The molecule has 186 valence electrons. The number of imide groups is 1. The van der Waals surface area contributed by atoms with Crippen molar-refractivity contribution >= 4 is 22.5 Å². The molecule has 0 atom stereocenters. The lowest BCUT2D eigenvalue weighted by Gasteiger charge is -2.21. The van der Waals surface area contributed by atoms with Crippen LogP contribution in [0, 0.1) is 5.82 Å². The Kier molecular flexibility index (Phi) is 9.21. The van der Waals surface area contributed by atoms with Crippen LogP contribution in [-0.4, -0.2) is 61.9 Å². The van der Waals surface area contributed by atoms with Crippen molar-refractivity contribution in [1.82, 2.24) is 14.9 Å². The van der Waals surface area contributed by atoms with Crippen LogP contribution in [0.3, 0.4) is 0 Å². The zero-order valence-corrected chi connectivity index (χ0v) is 20.2. The summed E-state index contributed by atoms with van der Waals surface area (Å²) in [7, 11) is -3.58. The lowest BCUT2D eigenvalue weighted by atomic mass is 10.1. The van der Waals surface area contributed by atoms with Gasteiger partial charge in [0, 0.05) is 13.1 Å². The third kappa shape index (κ3) is 8.56. The number of amides is 3. The summed E-state index contributed by atoms with van der Waals surface area (Å²) < 4.78 is 47.6. The fourth-order valence-corrected chi connectivity index (χ4v) is 5.01. The summed E-state index contributed by atoms with van der Waals surface area (Å²) in [6.45, 7) is 5.66. The number of unbranched alkanes of at least 4 members (excludes halogenated alkanes) is 2. The van der Waals surface area contributed by atoms with E-state index in [2.05, 4.69) is 10.0 Å². The molecule has 1 aliphatic rings. The first-order valence-electron chi connectivity index (χ1n) is 11.1. The van der Waals surface area contributed by atoms with Crippen molar-refractivity contribution in [3.8, 4) is 5.75 Å². The highest BCUT2D eigenvalue weighted by Crippen LogP contribution is 2.47. The molecule has 0 spiro atoms. The molecule has 0 radical (unpaired) electrons. The van der Waals surface area contributed by atoms with Crippen molar-refractivity contribution in [3.63, 3.8) is 0 Å². The molecule has 1 saturated carbocycles. The molecule has 0 aromatic heterocycles. The first kappa shape index (κ1) is 27.0. The Morgan fingerprint density at radius 1 is 1.30 bits per heavy atom. The highest BCUT2D eigenvalue weighted by Gasteiger charge is 2.47. The number of rotatable bonds is 14. The fraction of sp³-hybridized carbons (Fsp3) is 0.636. The molecule has 33 heavy (non-hydrogen) atoms. The van der Waals surface area contributed by atoms with Gasteiger partial charge in [-0.25, -0.2) is 22.3 Å². The maximum absolute atomic E-state index is 14.1. The molecule has 1 aromatic rings. The standard InChI is InChI=1S/C22H34FN3O6S/c1-4-26(20(28)24-16-27)12-6-5-7-13-33(30,31)25-22(10-11-22)17-8-9-18(23)19(14-17)32-15-21(2,3)29/h8-9,14,16,25,29H,4-7,10-13,15H2,1-3H3,(H,24,27,28). The number of carbonyl (C=O) groups is 2. The highest BCUT2D eigenvalue weighted by atomic mass is 32.2. The minimum absolute atomic E-state index is 0.0285. The van der Waals surface area contributed by atoms with Crippen molar-refractivity contribution < 1.29 is 32.2 Å². The second kappa shape index (κ2) is 11.3. The van der Waals surface area contributed by atoms with Gasteiger partial charge in [-0.3, -0.25) is 10.1 Å². The monoisotopic (exact) mass is 487 g/mol. The number of aliphatic hydroxyl groups is 1. The minimum Gasteiger partial charge on any atom is -0.488 e. The largest absolute Gasteiger partial charge is 0.488 e. The summed E-state index contributed by atoms with van der Waals surface area (Å²) in [6, 6.07) is 3.80. The Morgan fingerprint density at radius 3 is 2.58 bits per heavy atom. The fourth-order valence-electron chi connectivity index (χ4n) is 3.41. The average molecular weight is 488 g/mol. The number of urea groups is 1. The van der Waals surface area contributed by atoms with Gasteiger partial charge in [0.2, 0.25) is 16.4 Å². The first-order valence-corrected chi connectivity index (χ1v) is 12.7. The van der Waals surface area contributed by atoms with Gasteiger partial charge in [-0.05, 0) is 64.2 Å². The van der Waals surface area contributed by atoms with Gasteiger partial charge in [0.25, 0.3) is 0 Å². The van der Waals surface area contributed by atoms with Crippen molar-refractivity contribution in [2.75, 3.05) is 25.4 Å². The smallest absolute Gasteiger partial charge is 0.323 e. The molecule has 9 nitrogen and oxygen atoms in total. The maximum atomic E-state index is 14.1. The predicted molar refractivity (Wildman–Crippen MR) is 122 cm³/mol. The van der Waals surface area contributed by atoms with Crippen LogP contribution in [0.25, 0.3) is 0 Å². The summed E-state index contributed by atoms with van der Waals surface area (Å²) in [6.07, 6.45) is 3.16. The van der Waals surface area contributed by atoms with E-state index in [-0.39, 0.29) is 18.1 Å². The summed E-state index contributed by atoms with van der Waals surface area (Å²) in [5, 5.41) is 11.9. The number of carbonyl (C=O) groups excluding carboxylic acids is 2. The molecule has 0 heterocycles. The van der Waals surface area contributed by atoms with Gasteiger partial charge >= 0.3 is 6.03 Å². The molecule has 0 saturated heterocycles. The van der Waals surface area contributed by atoms with Crippen LogP contribution in [0.4, 0.5) is 9.18 Å². The molecule has 0 aliphatic heterocycles. The van der Waals surface area contributed by atoms with Crippen LogP contribution < -0.4 is 14.8 Å². The minimum atomic E-state index is -3.58. The van der Waals surface area contributed by atoms with Gasteiger partial charge in [-0.1, -0.05) is 12.5 Å². The number of nitrogens with zero attached hydrogens (tertiary/aromatic N) is 1. The third-order valence-corrected chi connectivity index (χ3v) is 6.89. The highest BCUT2D eigenvalue weighted by molar-refractivity contribution is 7.89. The molecule has 1 aliphatic carbocycles. The molecule has 0 bridgehead atoms. The molecule has 1 fully saturated rings. The first-order chi connectivity index (χ1) is 15.4. The van der Waals surface area contributed by atoms with E-state index in [1.165, 1.54) is 17.0 Å². The normalized spacial score (nSPS) is 15.1. The van der Waals surface area contributed by atoms with E-state index in [4.69, 9.17) is 4.74 Å². The van der Waals surface area contributed by atoms with Gasteiger partial charge < -0.3 is 14.7 Å². The van der Waals surface area contributed by atoms with Crippen molar-refractivity contribution in [1.29, 1.82) is 0 Å². The third-order valence-electron chi connectivity index (χ3n) is 5.36. The van der Waals surface area contributed by atoms with E-state index in [1.54, 1.807) is 26.8 Å². The lowest BCUT2D eigenvalue weighted by Crippen LogP contribution is -2.39. The van der Waals surface area contributed by atoms with E-state index in [0.29, 0.717) is 57.2 Å². The number of nitrogens with one attached hydrogen (secondary N) is 2. The SMILES string of the molecule is CCN(CCCCCS(=O)(=O)NC1(c2ccc(F)c(OCC(C)(C)O)c2)CC1)C(=O)NC=O. The van der Waals surface area contributed by atoms with E-state index in [9.17, 15) is 27.5 Å². The molecule has 2 rings (SSSR count). The van der Waals surface area contributed by atoms with Gasteiger partial charge in [-0.15, -0.1) is 0 Å². The number of benzene rings is 1. The number of sulfonamides is 1. The van der Waals surface area contributed by atoms with Crippen LogP contribution in [0.1, 0.15) is 58.4 Å². The van der Waals surface area contributed by atoms with Crippen molar-refractivity contribution in [2.24, 2.45) is 0 Å². The average Bonchev–Trinajstić information content (AvgIpc) is 3.49. The van der Waals surface area contributed by atoms with E-state index in [1.807, 2.05) is 0 Å². The molecule has 3 amide bonds. The Bertz CT molecular complexity index is 929. The number of ether oxygens (including phenoxy) is 1. The quantitative estimate of drug-likeness (QED) is 0.273. The summed E-state index contributed by atoms with van der Waals surface area (Å²) in [4.78, 5) is 23.5. The Balaban J connectivity index is 1.89. The van der Waals surface area contributed by atoms with E-state index in [0.717, 1.165) is 0 Å². The number of hydrogen-bond acceptors (Lipinski definition) is 6.